The molecule has 0 saturated heterocycles. The molecular weight excluding hydrogens is 709 g/mol. The van der Waals surface area contributed by atoms with E-state index in [1.54, 1.807) is 0 Å². The minimum atomic E-state index is -4.73. The number of hydrogen-bond acceptors (Lipinski definition) is 9. The molecule has 0 fully saturated rings. The van der Waals surface area contributed by atoms with E-state index in [4.69, 9.17) is 24.8 Å². The maximum Gasteiger partial charge on any atom is 0.472 e. The van der Waals surface area contributed by atoms with Crippen molar-refractivity contribution in [2.24, 2.45) is 5.73 Å². The molecule has 0 radical (unpaired) electrons. The Balaban J connectivity index is 4.55. The standard InChI is InChI=1S/C42H70NO10P/c1-3-5-7-9-11-13-15-17-18-19-20-22-24-26-28-30-32-34-41(45)53-38(36-51-54(48,49)52-37-39(43)42(46)47)35-50-40(44)33-31-29-27-25-23-21-16-14-12-10-8-6-4-2/h5,7,11,13-14,16-18,20,22,26,28,38-39H,3-4,6,8-10,12,15,19,21,23-25,27,29-37,43H2,1-2H3,(H,46,47)(H,48,49)/b7-5-,13-11-,16-14-,18-17-,22-20-,28-26-/t38-,39+/m1/s1. The van der Waals surface area contributed by atoms with Crippen molar-refractivity contribution in [1.82, 2.24) is 0 Å². The third-order valence-corrected chi connectivity index (χ3v) is 8.89. The number of allylic oxidation sites excluding steroid dienone is 12. The Morgan fingerprint density at radius 2 is 1.06 bits per heavy atom. The summed E-state index contributed by atoms with van der Waals surface area (Å²) in [6.45, 7) is 2.58. The highest BCUT2D eigenvalue weighted by Gasteiger charge is 2.28. The van der Waals surface area contributed by atoms with Crippen LogP contribution in [0.4, 0.5) is 0 Å². The molecule has 12 heteroatoms. The Bertz CT molecular complexity index is 1190. The number of hydrogen-bond donors (Lipinski definition) is 3. The monoisotopic (exact) mass is 779 g/mol. The van der Waals surface area contributed by atoms with Crippen molar-refractivity contribution in [2.75, 3.05) is 19.8 Å². The Morgan fingerprint density at radius 1 is 0.593 bits per heavy atom. The topological polar surface area (TPSA) is 172 Å². The molecule has 0 rings (SSSR count). The summed E-state index contributed by atoms with van der Waals surface area (Å²) in [5.74, 6) is -2.48. The van der Waals surface area contributed by atoms with Crippen LogP contribution >= 0.6 is 7.82 Å². The van der Waals surface area contributed by atoms with E-state index in [2.05, 4.69) is 79.1 Å². The fourth-order valence-electron chi connectivity index (χ4n) is 4.80. The lowest BCUT2D eigenvalue weighted by Gasteiger charge is -2.20. The maximum absolute atomic E-state index is 12.6. The minimum absolute atomic E-state index is 0.0776. The zero-order valence-electron chi connectivity index (χ0n) is 33.0. The molecular formula is C42H70NO10P. The molecule has 0 aliphatic heterocycles. The molecule has 0 aromatic rings. The highest BCUT2D eigenvalue weighted by atomic mass is 31.2. The van der Waals surface area contributed by atoms with Crippen LogP contribution in [-0.2, 0) is 37.5 Å². The van der Waals surface area contributed by atoms with Gasteiger partial charge in [-0.3, -0.25) is 23.4 Å². The predicted octanol–water partition coefficient (Wildman–Crippen LogP) is 10.2. The van der Waals surface area contributed by atoms with Crippen LogP contribution in [0.2, 0.25) is 0 Å². The quantitative estimate of drug-likeness (QED) is 0.0239. The zero-order valence-corrected chi connectivity index (χ0v) is 33.9. The first kappa shape index (κ1) is 50.9. The molecule has 0 spiro atoms. The normalized spacial score (nSPS) is 14.6. The highest BCUT2D eigenvalue weighted by Crippen LogP contribution is 2.43. The average Bonchev–Trinajstić information content (AvgIpc) is 3.14. The van der Waals surface area contributed by atoms with Gasteiger partial charge in [0.15, 0.2) is 6.10 Å². The lowest BCUT2D eigenvalue weighted by molar-refractivity contribution is -0.161. The Morgan fingerprint density at radius 3 is 1.63 bits per heavy atom. The lowest BCUT2D eigenvalue weighted by atomic mass is 10.1. The molecule has 0 bridgehead atoms. The third-order valence-electron chi connectivity index (χ3n) is 7.94. The van der Waals surface area contributed by atoms with E-state index >= 15 is 0 Å². The first-order valence-electron chi connectivity index (χ1n) is 20.0. The van der Waals surface area contributed by atoms with E-state index in [1.807, 2.05) is 12.2 Å². The van der Waals surface area contributed by atoms with Gasteiger partial charge in [-0.25, -0.2) is 4.57 Å². The molecule has 4 N–H and O–H groups in total. The number of carbonyl (C=O) groups is 3. The second-order valence-electron chi connectivity index (χ2n) is 13.0. The number of aliphatic carboxylic acids is 1. The number of unbranched alkanes of at least 4 members (excludes halogenated alkanes) is 10. The van der Waals surface area contributed by atoms with Gasteiger partial charge in [0.1, 0.15) is 12.6 Å². The van der Waals surface area contributed by atoms with Crippen LogP contribution in [0.15, 0.2) is 72.9 Å². The number of rotatable bonds is 36. The SMILES string of the molecule is CC/C=C\C/C=C\C/C=C\C/C=C\C/C=C\CCCC(=O)O[C@H](COC(=O)CCCCCCC/C=C\CCCCCC)COP(=O)(O)OC[C@H](N)C(=O)O. The number of phosphoric acid groups is 1. The summed E-state index contributed by atoms with van der Waals surface area (Å²) in [5.41, 5.74) is 5.32. The number of carboxylic acids is 1. The van der Waals surface area contributed by atoms with Gasteiger partial charge in [0.25, 0.3) is 0 Å². The van der Waals surface area contributed by atoms with Crippen molar-refractivity contribution in [2.45, 2.75) is 154 Å². The molecule has 0 heterocycles. The van der Waals surface area contributed by atoms with Gasteiger partial charge in [0, 0.05) is 12.8 Å². The van der Waals surface area contributed by atoms with Crippen molar-refractivity contribution in [3.8, 4) is 0 Å². The highest BCUT2D eigenvalue weighted by molar-refractivity contribution is 7.47. The molecule has 3 atom stereocenters. The smallest absolute Gasteiger partial charge is 0.472 e. The van der Waals surface area contributed by atoms with E-state index in [1.165, 1.54) is 25.7 Å². The van der Waals surface area contributed by atoms with Gasteiger partial charge in [-0.1, -0.05) is 125 Å². The van der Waals surface area contributed by atoms with Crippen LogP contribution in [0.3, 0.4) is 0 Å². The first-order valence-corrected chi connectivity index (χ1v) is 21.5. The molecule has 1 unspecified atom stereocenters. The van der Waals surface area contributed by atoms with Crippen LogP contribution in [-0.4, -0.2) is 59.9 Å². The van der Waals surface area contributed by atoms with E-state index in [9.17, 15) is 23.8 Å². The van der Waals surface area contributed by atoms with Gasteiger partial charge in [0.05, 0.1) is 13.2 Å². The Kier molecular flexibility index (Phi) is 34.8. The second-order valence-corrected chi connectivity index (χ2v) is 14.5. The van der Waals surface area contributed by atoms with Gasteiger partial charge in [-0.2, -0.15) is 0 Å². The maximum atomic E-state index is 12.6. The summed E-state index contributed by atoms with van der Waals surface area (Å²) in [5, 5.41) is 8.87. The summed E-state index contributed by atoms with van der Waals surface area (Å²) in [6.07, 6.45) is 42.6. The van der Waals surface area contributed by atoms with E-state index in [0.717, 1.165) is 70.6 Å². The Hall–Kier alpha value is -3.08. The fourth-order valence-corrected chi connectivity index (χ4v) is 5.58. The predicted molar refractivity (Wildman–Crippen MR) is 217 cm³/mol. The number of phosphoric ester groups is 1. The summed E-state index contributed by atoms with van der Waals surface area (Å²) in [6, 6.07) is -1.53. The second kappa shape index (κ2) is 36.9. The van der Waals surface area contributed by atoms with Crippen molar-refractivity contribution in [3.63, 3.8) is 0 Å². The molecule has 54 heavy (non-hydrogen) atoms. The fraction of sp³-hybridized carbons (Fsp3) is 0.643. The first-order chi connectivity index (χ1) is 26.1. The van der Waals surface area contributed by atoms with Crippen molar-refractivity contribution in [3.05, 3.63) is 72.9 Å². The van der Waals surface area contributed by atoms with E-state index < -0.39 is 51.1 Å². The van der Waals surface area contributed by atoms with Gasteiger partial charge in [-0.05, 0) is 77.0 Å². The summed E-state index contributed by atoms with van der Waals surface area (Å²) in [4.78, 5) is 45.8. The lowest BCUT2D eigenvalue weighted by Crippen LogP contribution is -2.34. The van der Waals surface area contributed by atoms with Crippen LogP contribution in [0.25, 0.3) is 0 Å². The van der Waals surface area contributed by atoms with Crippen LogP contribution in [0.1, 0.15) is 142 Å². The summed E-state index contributed by atoms with van der Waals surface area (Å²) >= 11 is 0. The van der Waals surface area contributed by atoms with Crippen LogP contribution in [0, 0.1) is 0 Å². The van der Waals surface area contributed by atoms with E-state index in [-0.39, 0.29) is 19.4 Å². The molecule has 0 aliphatic carbocycles. The van der Waals surface area contributed by atoms with Crippen LogP contribution in [0.5, 0.6) is 0 Å². The van der Waals surface area contributed by atoms with Crippen molar-refractivity contribution >= 4 is 25.7 Å². The molecule has 11 nitrogen and oxygen atoms in total. The Labute approximate surface area is 325 Å². The number of esters is 2. The van der Waals surface area contributed by atoms with Gasteiger partial charge in [-0.15, -0.1) is 0 Å². The summed E-state index contributed by atoms with van der Waals surface area (Å²) < 4.78 is 32.5. The van der Waals surface area contributed by atoms with Gasteiger partial charge < -0.3 is 25.2 Å². The molecule has 308 valence electrons. The molecule has 0 aromatic carbocycles. The number of carboxylic acid groups (broad SMARTS) is 1. The minimum Gasteiger partial charge on any atom is -0.480 e. The van der Waals surface area contributed by atoms with Crippen LogP contribution < -0.4 is 5.73 Å². The van der Waals surface area contributed by atoms with Gasteiger partial charge in [0.2, 0.25) is 0 Å². The van der Waals surface area contributed by atoms with Crippen molar-refractivity contribution in [1.29, 1.82) is 0 Å². The number of ether oxygens (including phenoxy) is 2. The zero-order chi connectivity index (χ0) is 40.0. The van der Waals surface area contributed by atoms with E-state index in [0.29, 0.717) is 19.3 Å². The average molecular weight is 780 g/mol. The van der Waals surface area contributed by atoms with Gasteiger partial charge >= 0.3 is 25.7 Å². The largest absolute Gasteiger partial charge is 0.480 e. The van der Waals surface area contributed by atoms with Crippen molar-refractivity contribution < 1.29 is 47.5 Å². The number of carbonyl (C=O) groups excluding carboxylic acids is 2. The third kappa shape index (κ3) is 35.9. The molecule has 0 saturated carbocycles. The molecule has 0 aliphatic rings. The number of nitrogens with two attached hydrogens (primary N) is 1. The summed E-state index contributed by atoms with van der Waals surface area (Å²) in [7, 11) is -4.73. The molecule has 0 aromatic heterocycles. The molecule has 0 amide bonds.